The Bertz CT molecular complexity index is 724. The number of rotatable bonds is 7. The SMILES string of the molecule is Cc1nc(NCC=CCNC(=O)OC(C)(C)C)c([N+](=O)[O-])cc1C(=O)O. The molecular formula is C16H22N4O6. The van der Waals surface area contributed by atoms with E-state index in [0.29, 0.717) is 0 Å². The summed E-state index contributed by atoms with van der Waals surface area (Å²) in [6, 6.07) is 0.973. The molecule has 10 heteroatoms. The fourth-order valence-electron chi connectivity index (χ4n) is 1.86. The lowest BCUT2D eigenvalue weighted by Gasteiger charge is -2.19. The lowest BCUT2D eigenvalue weighted by atomic mass is 10.2. The number of carbonyl (C=O) groups is 2. The summed E-state index contributed by atoms with van der Waals surface area (Å²) >= 11 is 0. The Labute approximate surface area is 150 Å². The first-order valence-corrected chi connectivity index (χ1v) is 7.76. The first-order valence-electron chi connectivity index (χ1n) is 7.76. The summed E-state index contributed by atoms with van der Waals surface area (Å²) in [6.45, 7) is 7.15. The fraction of sp³-hybridized carbons (Fsp3) is 0.438. The van der Waals surface area contributed by atoms with Crippen molar-refractivity contribution in [3.05, 3.63) is 39.6 Å². The van der Waals surface area contributed by atoms with Crippen LogP contribution in [0.15, 0.2) is 18.2 Å². The molecule has 1 amide bonds. The highest BCUT2D eigenvalue weighted by atomic mass is 16.6. The number of carboxylic acids is 1. The number of aromatic carboxylic acids is 1. The quantitative estimate of drug-likeness (QED) is 0.379. The number of amides is 1. The monoisotopic (exact) mass is 366 g/mol. The van der Waals surface area contributed by atoms with Crippen LogP contribution in [-0.4, -0.2) is 45.8 Å². The number of nitrogens with one attached hydrogen (secondary N) is 2. The van der Waals surface area contributed by atoms with Crippen molar-refractivity contribution >= 4 is 23.6 Å². The zero-order valence-corrected chi connectivity index (χ0v) is 15.0. The number of nitrogens with zero attached hydrogens (tertiary/aromatic N) is 2. The number of nitro groups is 1. The van der Waals surface area contributed by atoms with Crippen LogP contribution in [0.4, 0.5) is 16.3 Å². The van der Waals surface area contributed by atoms with Gasteiger partial charge in [0, 0.05) is 19.2 Å². The van der Waals surface area contributed by atoms with Gasteiger partial charge in [-0.1, -0.05) is 12.2 Å². The lowest BCUT2D eigenvalue weighted by molar-refractivity contribution is -0.384. The Kier molecular flexibility index (Phi) is 7.06. The molecule has 0 atom stereocenters. The van der Waals surface area contributed by atoms with Crippen molar-refractivity contribution in [2.24, 2.45) is 0 Å². The van der Waals surface area contributed by atoms with Crippen molar-refractivity contribution in [1.29, 1.82) is 0 Å². The lowest BCUT2D eigenvalue weighted by Crippen LogP contribution is -2.32. The molecule has 10 nitrogen and oxygen atoms in total. The van der Waals surface area contributed by atoms with E-state index in [9.17, 15) is 19.7 Å². The van der Waals surface area contributed by atoms with Crippen LogP contribution >= 0.6 is 0 Å². The number of alkyl carbamates (subject to hydrolysis) is 1. The summed E-state index contributed by atoms with van der Waals surface area (Å²) in [7, 11) is 0. The van der Waals surface area contributed by atoms with Crippen molar-refractivity contribution in [3.63, 3.8) is 0 Å². The van der Waals surface area contributed by atoms with Gasteiger partial charge in [-0.3, -0.25) is 10.1 Å². The van der Waals surface area contributed by atoms with E-state index in [4.69, 9.17) is 9.84 Å². The van der Waals surface area contributed by atoms with E-state index in [-0.39, 0.29) is 30.2 Å². The maximum Gasteiger partial charge on any atom is 0.407 e. The number of carboxylic acid groups (broad SMARTS) is 1. The van der Waals surface area contributed by atoms with Crippen LogP contribution in [0.1, 0.15) is 36.8 Å². The topological polar surface area (TPSA) is 144 Å². The van der Waals surface area contributed by atoms with E-state index in [2.05, 4.69) is 15.6 Å². The van der Waals surface area contributed by atoms with E-state index < -0.39 is 28.3 Å². The van der Waals surface area contributed by atoms with Crippen LogP contribution in [0.2, 0.25) is 0 Å². The third kappa shape index (κ3) is 6.75. The maximum atomic E-state index is 11.4. The molecule has 26 heavy (non-hydrogen) atoms. The third-order valence-corrected chi connectivity index (χ3v) is 2.94. The van der Waals surface area contributed by atoms with Crippen LogP contribution in [-0.2, 0) is 4.74 Å². The molecule has 1 heterocycles. The number of anilines is 1. The van der Waals surface area contributed by atoms with E-state index >= 15 is 0 Å². The summed E-state index contributed by atoms with van der Waals surface area (Å²) < 4.78 is 5.07. The van der Waals surface area contributed by atoms with Crippen LogP contribution in [0.3, 0.4) is 0 Å². The summed E-state index contributed by atoms with van der Waals surface area (Å²) in [6.07, 6.45) is 2.73. The highest BCUT2D eigenvalue weighted by molar-refractivity contribution is 5.90. The minimum Gasteiger partial charge on any atom is -0.478 e. The Morgan fingerprint density at radius 2 is 1.96 bits per heavy atom. The molecule has 0 saturated carbocycles. The molecule has 1 aromatic heterocycles. The van der Waals surface area contributed by atoms with Gasteiger partial charge in [0.15, 0.2) is 0 Å². The molecule has 0 unspecified atom stereocenters. The average Bonchev–Trinajstić information content (AvgIpc) is 2.48. The van der Waals surface area contributed by atoms with Crippen molar-refractivity contribution in [2.75, 3.05) is 18.4 Å². The van der Waals surface area contributed by atoms with E-state index in [1.165, 1.54) is 6.92 Å². The Morgan fingerprint density at radius 1 is 1.35 bits per heavy atom. The third-order valence-electron chi connectivity index (χ3n) is 2.94. The molecule has 142 valence electrons. The van der Waals surface area contributed by atoms with Gasteiger partial charge in [-0.05, 0) is 27.7 Å². The standard InChI is InChI=1S/C16H22N4O6/c1-10-11(14(21)22)9-12(20(24)25)13(19-10)17-7-5-6-8-18-15(23)26-16(2,3)4/h5-6,9H,7-8H2,1-4H3,(H,17,19)(H,18,23)(H,21,22). The zero-order chi connectivity index (χ0) is 19.9. The molecular weight excluding hydrogens is 344 g/mol. The Hall–Kier alpha value is -3.17. The largest absolute Gasteiger partial charge is 0.478 e. The summed E-state index contributed by atoms with van der Waals surface area (Å²) in [5.74, 6) is -1.31. The van der Waals surface area contributed by atoms with E-state index in [1.807, 2.05) is 0 Å². The van der Waals surface area contributed by atoms with Gasteiger partial charge in [0.2, 0.25) is 5.82 Å². The zero-order valence-electron chi connectivity index (χ0n) is 15.0. The first kappa shape index (κ1) is 20.9. The van der Waals surface area contributed by atoms with Crippen LogP contribution in [0.25, 0.3) is 0 Å². The van der Waals surface area contributed by atoms with Crippen LogP contribution < -0.4 is 10.6 Å². The molecule has 0 fully saturated rings. The molecule has 0 radical (unpaired) electrons. The van der Waals surface area contributed by atoms with E-state index in [1.54, 1.807) is 32.9 Å². The number of hydrogen-bond donors (Lipinski definition) is 3. The average molecular weight is 366 g/mol. The number of pyridine rings is 1. The fourth-order valence-corrected chi connectivity index (χ4v) is 1.86. The summed E-state index contributed by atoms with van der Waals surface area (Å²) in [4.78, 5) is 36.8. The maximum absolute atomic E-state index is 11.4. The van der Waals surface area contributed by atoms with E-state index in [0.717, 1.165) is 6.07 Å². The van der Waals surface area contributed by atoms with Gasteiger partial charge in [0.05, 0.1) is 16.2 Å². The van der Waals surface area contributed by atoms with Crippen LogP contribution in [0, 0.1) is 17.0 Å². The van der Waals surface area contributed by atoms with Crippen molar-refractivity contribution in [2.45, 2.75) is 33.3 Å². The molecule has 3 N–H and O–H groups in total. The second-order valence-electron chi connectivity index (χ2n) is 6.29. The Morgan fingerprint density at radius 3 is 2.50 bits per heavy atom. The molecule has 0 saturated heterocycles. The van der Waals surface area contributed by atoms with Gasteiger partial charge in [-0.25, -0.2) is 14.6 Å². The minimum absolute atomic E-state index is 0.0257. The number of aryl methyl sites for hydroxylation is 1. The van der Waals surface area contributed by atoms with Gasteiger partial charge in [-0.15, -0.1) is 0 Å². The second kappa shape index (κ2) is 8.79. The molecule has 1 rings (SSSR count). The van der Waals surface area contributed by atoms with Crippen LogP contribution in [0.5, 0.6) is 0 Å². The van der Waals surface area contributed by atoms with Gasteiger partial charge < -0.3 is 20.5 Å². The second-order valence-corrected chi connectivity index (χ2v) is 6.29. The minimum atomic E-state index is -1.28. The van der Waals surface area contributed by atoms with Crippen molar-refractivity contribution in [3.8, 4) is 0 Å². The molecule has 0 aromatic carbocycles. The molecule has 1 aromatic rings. The Balaban J connectivity index is 2.62. The summed E-state index contributed by atoms with van der Waals surface area (Å²) in [5, 5.41) is 25.4. The number of carbonyl (C=O) groups excluding carboxylic acids is 1. The number of hydrogen-bond acceptors (Lipinski definition) is 7. The number of ether oxygens (including phenoxy) is 1. The molecule has 0 bridgehead atoms. The smallest absolute Gasteiger partial charge is 0.407 e. The molecule has 0 aliphatic rings. The van der Waals surface area contributed by atoms with Gasteiger partial charge in [-0.2, -0.15) is 0 Å². The van der Waals surface area contributed by atoms with Gasteiger partial charge >= 0.3 is 17.7 Å². The van der Waals surface area contributed by atoms with Gasteiger partial charge in [0.1, 0.15) is 5.60 Å². The summed E-state index contributed by atoms with van der Waals surface area (Å²) in [5.41, 5.74) is -1.06. The number of aromatic nitrogens is 1. The molecule has 0 aliphatic heterocycles. The van der Waals surface area contributed by atoms with Gasteiger partial charge in [0.25, 0.3) is 0 Å². The normalized spacial score (nSPS) is 11.2. The predicted molar refractivity (Wildman–Crippen MR) is 94.5 cm³/mol. The van der Waals surface area contributed by atoms with Crippen molar-refractivity contribution in [1.82, 2.24) is 10.3 Å². The molecule has 0 aliphatic carbocycles. The van der Waals surface area contributed by atoms with Crippen molar-refractivity contribution < 1.29 is 24.4 Å². The highest BCUT2D eigenvalue weighted by Crippen LogP contribution is 2.25. The highest BCUT2D eigenvalue weighted by Gasteiger charge is 2.21. The predicted octanol–water partition coefficient (Wildman–Crippen LogP) is 2.49. The molecule has 0 spiro atoms. The first-order chi connectivity index (χ1) is 12.0.